The number of aliphatic carboxylic acids is 1. The molecule has 0 spiro atoms. The van der Waals surface area contributed by atoms with Crippen molar-refractivity contribution in [2.24, 2.45) is 0 Å². The van der Waals surface area contributed by atoms with Gasteiger partial charge in [0.05, 0.1) is 23.8 Å². The van der Waals surface area contributed by atoms with Gasteiger partial charge in [-0.1, -0.05) is 23.3 Å². The van der Waals surface area contributed by atoms with E-state index in [1.165, 1.54) is 18.3 Å². The first-order chi connectivity index (χ1) is 12.4. The number of rotatable bonds is 6. The van der Waals surface area contributed by atoms with Crippen LogP contribution in [0.3, 0.4) is 0 Å². The highest BCUT2D eigenvalue weighted by atomic mass is 35.5. The monoisotopic (exact) mass is 375 g/mol. The molecule has 0 saturated carbocycles. The minimum absolute atomic E-state index is 0.0706. The van der Waals surface area contributed by atoms with Gasteiger partial charge in [-0.25, -0.2) is 9.18 Å². The molecule has 132 valence electrons. The Hall–Kier alpha value is -3.26. The summed E-state index contributed by atoms with van der Waals surface area (Å²) in [6.07, 6.45) is 2.36. The largest absolute Gasteiger partial charge is 0.478 e. The quantitative estimate of drug-likeness (QED) is 0.652. The van der Waals surface area contributed by atoms with Crippen LogP contribution in [0.1, 0.15) is 5.89 Å². The van der Waals surface area contributed by atoms with Crippen LogP contribution in [-0.4, -0.2) is 26.2 Å². The molecule has 26 heavy (non-hydrogen) atoms. The molecule has 0 amide bonds. The first kappa shape index (κ1) is 17.6. The Bertz CT molecular complexity index is 990. The lowest BCUT2D eigenvalue weighted by molar-refractivity contribution is -0.132. The van der Waals surface area contributed by atoms with Gasteiger partial charge in [0.15, 0.2) is 0 Å². The number of carbonyl (C=O) groups is 1. The molecule has 0 bridgehead atoms. The number of hydrogen-bond acceptors (Lipinski definition) is 6. The number of hydrogen-bond donors (Lipinski definition) is 1. The van der Waals surface area contributed by atoms with Gasteiger partial charge in [-0.3, -0.25) is 4.98 Å². The molecule has 0 radical (unpaired) electrons. The van der Waals surface area contributed by atoms with Crippen molar-refractivity contribution in [1.82, 2.24) is 15.1 Å². The molecule has 2 aromatic heterocycles. The third kappa shape index (κ3) is 4.04. The number of ether oxygens (including phenoxy) is 1. The van der Waals surface area contributed by atoms with Gasteiger partial charge in [0.2, 0.25) is 11.7 Å². The zero-order valence-electron chi connectivity index (χ0n) is 13.1. The lowest BCUT2D eigenvalue weighted by Crippen LogP contribution is -2.02. The lowest BCUT2D eigenvalue weighted by atomic mass is 10.2. The van der Waals surface area contributed by atoms with E-state index in [1.54, 1.807) is 12.1 Å². The van der Waals surface area contributed by atoms with Gasteiger partial charge < -0.3 is 14.4 Å². The van der Waals surface area contributed by atoms with Crippen LogP contribution in [0.25, 0.3) is 11.4 Å². The van der Waals surface area contributed by atoms with Crippen molar-refractivity contribution in [1.29, 1.82) is 0 Å². The summed E-state index contributed by atoms with van der Waals surface area (Å²) in [5.74, 6) is -0.766. The van der Waals surface area contributed by atoms with Crippen molar-refractivity contribution in [2.75, 3.05) is 0 Å². The zero-order chi connectivity index (χ0) is 18.7. The van der Waals surface area contributed by atoms with Gasteiger partial charge in [0, 0.05) is 23.3 Å². The van der Waals surface area contributed by atoms with Gasteiger partial charge in [0.25, 0.3) is 0 Å². The van der Waals surface area contributed by atoms with E-state index in [0.29, 0.717) is 11.3 Å². The third-order valence-electron chi connectivity index (χ3n) is 3.23. The number of carboxylic acids is 1. The second-order valence-electron chi connectivity index (χ2n) is 5.18. The summed E-state index contributed by atoms with van der Waals surface area (Å²) in [4.78, 5) is 18.6. The van der Waals surface area contributed by atoms with E-state index in [2.05, 4.69) is 21.7 Å². The average Bonchev–Trinajstić information content (AvgIpc) is 3.03. The minimum atomic E-state index is -1.14. The van der Waals surface area contributed by atoms with Crippen molar-refractivity contribution < 1.29 is 23.6 Å². The van der Waals surface area contributed by atoms with Crippen LogP contribution in [0.15, 0.2) is 53.3 Å². The normalized spacial score (nSPS) is 10.5. The predicted octanol–water partition coefficient (Wildman–Crippen LogP) is 3.90. The topological polar surface area (TPSA) is 98.3 Å². The number of pyridine rings is 1. The van der Waals surface area contributed by atoms with E-state index < -0.39 is 11.8 Å². The van der Waals surface area contributed by atoms with Gasteiger partial charge in [0.1, 0.15) is 17.3 Å². The Morgan fingerprint density at radius 3 is 2.81 bits per heavy atom. The van der Waals surface area contributed by atoms with Crippen molar-refractivity contribution in [3.05, 3.63) is 65.5 Å². The number of nitrogens with zero attached hydrogens (tertiary/aromatic N) is 3. The Morgan fingerprint density at radius 1 is 1.31 bits per heavy atom. The molecule has 0 aliphatic rings. The van der Waals surface area contributed by atoms with E-state index in [4.69, 9.17) is 26.0 Å². The van der Waals surface area contributed by atoms with E-state index in [-0.39, 0.29) is 34.5 Å². The molecule has 0 aliphatic carbocycles. The number of benzene rings is 1. The molecular weight excluding hydrogens is 365 g/mol. The van der Waals surface area contributed by atoms with E-state index in [9.17, 15) is 9.18 Å². The summed E-state index contributed by atoms with van der Waals surface area (Å²) in [5.41, 5.74) is 0.395. The van der Waals surface area contributed by atoms with Gasteiger partial charge in [-0.05, 0) is 12.1 Å². The summed E-state index contributed by atoms with van der Waals surface area (Å²) in [5, 5.41) is 12.9. The van der Waals surface area contributed by atoms with Crippen molar-refractivity contribution in [3.8, 4) is 22.9 Å². The Kier molecular flexibility index (Phi) is 4.94. The Balaban J connectivity index is 1.78. The molecule has 1 aromatic carbocycles. The van der Waals surface area contributed by atoms with Crippen LogP contribution in [0.2, 0.25) is 5.02 Å². The summed E-state index contributed by atoms with van der Waals surface area (Å²) in [6.45, 7) is 3.40. The molecule has 9 heteroatoms. The molecule has 0 saturated heterocycles. The Labute approximate surface area is 151 Å². The zero-order valence-corrected chi connectivity index (χ0v) is 13.9. The maximum absolute atomic E-state index is 13.1. The Morgan fingerprint density at radius 2 is 2.12 bits per heavy atom. The molecule has 0 atom stereocenters. The molecule has 3 rings (SSSR count). The van der Waals surface area contributed by atoms with Crippen molar-refractivity contribution >= 4 is 17.6 Å². The molecule has 0 unspecified atom stereocenters. The van der Waals surface area contributed by atoms with Crippen LogP contribution < -0.4 is 4.74 Å². The smallest absolute Gasteiger partial charge is 0.331 e. The SMILES string of the molecule is C=C(Cc1nc(-c2ccc(Oc3cncc(F)c3)cc2Cl)no1)C(=O)O. The average molecular weight is 376 g/mol. The number of halogens is 2. The first-order valence-electron chi connectivity index (χ1n) is 7.24. The second kappa shape index (κ2) is 7.32. The van der Waals surface area contributed by atoms with Crippen LogP contribution >= 0.6 is 11.6 Å². The van der Waals surface area contributed by atoms with Crippen molar-refractivity contribution in [3.63, 3.8) is 0 Å². The van der Waals surface area contributed by atoms with Crippen LogP contribution in [0.5, 0.6) is 11.5 Å². The van der Waals surface area contributed by atoms with E-state index in [0.717, 1.165) is 6.20 Å². The molecule has 7 nitrogen and oxygen atoms in total. The summed E-state index contributed by atoms with van der Waals surface area (Å²) in [6, 6.07) is 5.90. The fourth-order valence-corrected chi connectivity index (χ4v) is 2.27. The third-order valence-corrected chi connectivity index (χ3v) is 3.54. The highest BCUT2D eigenvalue weighted by molar-refractivity contribution is 6.33. The lowest BCUT2D eigenvalue weighted by Gasteiger charge is -2.07. The van der Waals surface area contributed by atoms with Crippen molar-refractivity contribution in [2.45, 2.75) is 6.42 Å². The fourth-order valence-electron chi connectivity index (χ4n) is 2.02. The summed E-state index contributed by atoms with van der Waals surface area (Å²) in [7, 11) is 0. The molecule has 0 aliphatic heterocycles. The van der Waals surface area contributed by atoms with E-state index in [1.807, 2.05) is 0 Å². The van der Waals surface area contributed by atoms with Gasteiger partial charge >= 0.3 is 5.97 Å². The molecule has 1 N–H and O–H groups in total. The van der Waals surface area contributed by atoms with Gasteiger partial charge in [-0.2, -0.15) is 4.98 Å². The van der Waals surface area contributed by atoms with Crippen LogP contribution in [0.4, 0.5) is 4.39 Å². The highest BCUT2D eigenvalue weighted by Crippen LogP contribution is 2.31. The summed E-state index contributed by atoms with van der Waals surface area (Å²) >= 11 is 6.22. The molecule has 2 heterocycles. The fraction of sp³-hybridized carbons (Fsp3) is 0.0588. The molecule has 0 fully saturated rings. The summed E-state index contributed by atoms with van der Waals surface area (Å²) < 4.78 is 23.6. The standard InChI is InChI=1S/C17H11ClFN3O4/c1-9(17(23)24)4-15-21-16(22-26-15)13-3-2-11(6-14(13)18)25-12-5-10(19)7-20-8-12/h2-3,5-8H,1,4H2,(H,23,24). The highest BCUT2D eigenvalue weighted by Gasteiger charge is 2.15. The van der Waals surface area contributed by atoms with E-state index >= 15 is 0 Å². The molecule has 3 aromatic rings. The number of aromatic nitrogens is 3. The predicted molar refractivity (Wildman–Crippen MR) is 89.5 cm³/mol. The van der Waals surface area contributed by atoms with Crippen LogP contribution in [0, 0.1) is 5.82 Å². The first-order valence-corrected chi connectivity index (χ1v) is 7.62. The molecular formula is C17H11ClFN3O4. The van der Waals surface area contributed by atoms with Gasteiger partial charge in [-0.15, -0.1) is 0 Å². The maximum Gasteiger partial charge on any atom is 0.331 e. The minimum Gasteiger partial charge on any atom is -0.478 e. The second-order valence-corrected chi connectivity index (χ2v) is 5.59. The van der Waals surface area contributed by atoms with Crippen LogP contribution in [-0.2, 0) is 11.2 Å². The number of carboxylic acid groups (broad SMARTS) is 1. The maximum atomic E-state index is 13.1.